The number of nitrogens with one attached hydrogen (secondary N) is 2. The van der Waals surface area contributed by atoms with Gasteiger partial charge in [0, 0.05) is 31.4 Å². The number of pyridine rings is 1. The molecule has 0 bridgehead atoms. The highest BCUT2D eigenvalue weighted by Crippen LogP contribution is 2.16. The molecule has 6 heteroatoms. The van der Waals surface area contributed by atoms with Gasteiger partial charge >= 0.3 is 6.03 Å². The molecule has 1 fully saturated rings. The molecule has 0 saturated carbocycles. The average Bonchev–Trinajstić information content (AvgIpc) is 3.20. The lowest BCUT2D eigenvalue weighted by Crippen LogP contribution is -2.35. The van der Waals surface area contributed by atoms with Crippen molar-refractivity contribution in [2.24, 2.45) is 0 Å². The number of urea groups is 1. The third-order valence-electron chi connectivity index (χ3n) is 4.72. The van der Waals surface area contributed by atoms with Gasteiger partial charge in [-0.2, -0.15) is 0 Å². The lowest BCUT2D eigenvalue weighted by Gasteiger charge is -2.18. The molecular formula is C21H28N4O2. The highest BCUT2D eigenvalue weighted by molar-refractivity contribution is 5.73. The van der Waals surface area contributed by atoms with Crippen LogP contribution in [0.15, 0.2) is 42.6 Å². The Kier molecular flexibility index (Phi) is 7.04. The SMILES string of the molecule is CCOc1ncccc1CNC(=O)NCc1ccccc1CN1CCCC1. The van der Waals surface area contributed by atoms with Crippen molar-refractivity contribution in [2.45, 2.75) is 39.4 Å². The fourth-order valence-electron chi connectivity index (χ4n) is 3.30. The number of likely N-dealkylation sites (tertiary alicyclic amines) is 1. The summed E-state index contributed by atoms with van der Waals surface area (Å²) >= 11 is 0. The van der Waals surface area contributed by atoms with Crippen LogP contribution in [0, 0.1) is 0 Å². The fourth-order valence-corrected chi connectivity index (χ4v) is 3.30. The van der Waals surface area contributed by atoms with Crippen LogP contribution in [0.25, 0.3) is 0 Å². The normalized spacial score (nSPS) is 14.1. The summed E-state index contributed by atoms with van der Waals surface area (Å²) < 4.78 is 5.49. The fraction of sp³-hybridized carbons (Fsp3) is 0.429. The molecule has 0 radical (unpaired) electrons. The van der Waals surface area contributed by atoms with Gasteiger partial charge in [-0.15, -0.1) is 0 Å². The first kappa shape index (κ1) is 19.2. The van der Waals surface area contributed by atoms with E-state index in [1.807, 2.05) is 25.1 Å². The molecule has 1 aliphatic rings. The lowest BCUT2D eigenvalue weighted by molar-refractivity contribution is 0.239. The summed E-state index contributed by atoms with van der Waals surface area (Å²) in [6.07, 6.45) is 4.24. The molecule has 1 aromatic carbocycles. The summed E-state index contributed by atoms with van der Waals surface area (Å²) in [6.45, 7) is 6.63. The monoisotopic (exact) mass is 368 g/mol. The minimum Gasteiger partial charge on any atom is -0.478 e. The van der Waals surface area contributed by atoms with Crippen LogP contribution in [-0.2, 0) is 19.6 Å². The van der Waals surface area contributed by atoms with Crippen molar-refractivity contribution in [1.29, 1.82) is 0 Å². The molecule has 2 aromatic rings. The zero-order chi connectivity index (χ0) is 18.9. The minimum absolute atomic E-state index is 0.197. The Balaban J connectivity index is 1.51. The second kappa shape index (κ2) is 9.92. The minimum atomic E-state index is -0.197. The zero-order valence-electron chi connectivity index (χ0n) is 15.9. The molecule has 2 heterocycles. The third kappa shape index (κ3) is 5.69. The number of carbonyl (C=O) groups is 1. The number of amides is 2. The van der Waals surface area contributed by atoms with Gasteiger partial charge in [-0.25, -0.2) is 9.78 Å². The molecule has 27 heavy (non-hydrogen) atoms. The van der Waals surface area contributed by atoms with E-state index in [0.717, 1.165) is 30.8 Å². The van der Waals surface area contributed by atoms with Crippen LogP contribution in [-0.4, -0.2) is 35.6 Å². The van der Waals surface area contributed by atoms with Crippen LogP contribution in [0.4, 0.5) is 4.79 Å². The van der Waals surface area contributed by atoms with E-state index in [9.17, 15) is 4.79 Å². The van der Waals surface area contributed by atoms with Crippen molar-refractivity contribution < 1.29 is 9.53 Å². The molecule has 0 unspecified atom stereocenters. The molecule has 1 aromatic heterocycles. The van der Waals surface area contributed by atoms with E-state index in [-0.39, 0.29) is 6.03 Å². The van der Waals surface area contributed by atoms with Crippen molar-refractivity contribution in [3.05, 3.63) is 59.3 Å². The van der Waals surface area contributed by atoms with Crippen LogP contribution in [0.2, 0.25) is 0 Å². The van der Waals surface area contributed by atoms with E-state index in [1.165, 1.54) is 18.4 Å². The van der Waals surface area contributed by atoms with E-state index in [0.29, 0.717) is 25.6 Å². The average molecular weight is 368 g/mol. The first-order chi connectivity index (χ1) is 13.3. The number of carbonyl (C=O) groups excluding carboxylic acids is 1. The van der Waals surface area contributed by atoms with Crippen molar-refractivity contribution >= 4 is 6.03 Å². The highest BCUT2D eigenvalue weighted by atomic mass is 16.5. The second-order valence-corrected chi connectivity index (χ2v) is 6.69. The maximum atomic E-state index is 12.2. The molecule has 2 amide bonds. The molecule has 1 saturated heterocycles. The Hall–Kier alpha value is -2.60. The van der Waals surface area contributed by atoms with Crippen LogP contribution < -0.4 is 15.4 Å². The molecule has 0 aliphatic carbocycles. The molecule has 0 atom stereocenters. The van der Waals surface area contributed by atoms with Gasteiger partial charge in [0.25, 0.3) is 0 Å². The molecule has 0 spiro atoms. The lowest BCUT2D eigenvalue weighted by atomic mass is 10.1. The molecular weight excluding hydrogens is 340 g/mol. The Morgan fingerprint density at radius 1 is 1.04 bits per heavy atom. The standard InChI is InChI=1S/C21H28N4O2/c1-2-27-20-18(10-7-11-22-20)15-24-21(26)23-14-17-8-3-4-9-19(17)16-25-12-5-6-13-25/h3-4,7-11H,2,5-6,12-16H2,1H3,(H2,23,24,26). The third-order valence-corrected chi connectivity index (χ3v) is 4.72. The predicted octanol–water partition coefficient (Wildman–Crippen LogP) is 3.08. The molecule has 2 N–H and O–H groups in total. The van der Waals surface area contributed by atoms with Gasteiger partial charge in [0.1, 0.15) is 0 Å². The number of benzene rings is 1. The molecule has 144 valence electrons. The van der Waals surface area contributed by atoms with Crippen LogP contribution >= 0.6 is 0 Å². The summed E-state index contributed by atoms with van der Waals surface area (Å²) in [4.78, 5) is 18.9. The smallest absolute Gasteiger partial charge is 0.315 e. The van der Waals surface area contributed by atoms with Crippen molar-refractivity contribution in [3.8, 4) is 5.88 Å². The Labute approximate surface area is 160 Å². The number of aromatic nitrogens is 1. The Morgan fingerprint density at radius 2 is 1.70 bits per heavy atom. The van der Waals surface area contributed by atoms with Crippen LogP contribution in [0.3, 0.4) is 0 Å². The van der Waals surface area contributed by atoms with E-state index in [4.69, 9.17) is 4.74 Å². The van der Waals surface area contributed by atoms with Crippen LogP contribution in [0.5, 0.6) is 5.88 Å². The van der Waals surface area contributed by atoms with E-state index >= 15 is 0 Å². The Morgan fingerprint density at radius 3 is 2.44 bits per heavy atom. The summed E-state index contributed by atoms with van der Waals surface area (Å²) in [6, 6.07) is 11.9. The van der Waals surface area contributed by atoms with Gasteiger partial charge in [0.05, 0.1) is 6.61 Å². The second-order valence-electron chi connectivity index (χ2n) is 6.69. The number of rotatable bonds is 8. The highest BCUT2D eigenvalue weighted by Gasteiger charge is 2.14. The summed E-state index contributed by atoms with van der Waals surface area (Å²) in [5, 5.41) is 5.84. The summed E-state index contributed by atoms with van der Waals surface area (Å²) in [7, 11) is 0. The van der Waals surface area contributed by atoms with E-state index < -0.39 is 0 Å². The van der Waals surface area contributed by atoms with Gasteiger partial charge in [-0.3, -0.25) is 4.90 Å². The van der Waals surface area contributed by atoms with Crippen molar-refractivity contribution in [2.75, 3.05) is 19.7 Å². The molecule has 1 aliphatic heterocycles. The maximum absolute atomic E-state index is 12.2. The van der Waals surface area contributed by atoms with Gasteiger partial charge < -0.3 is 15.4 Å². The summed E-state index contributed by atoms with van der Waals surface area (Å²) in [5.74, 6) is 0.566. The van der Waals surface area contributed by atoms with Gasteiger partial charge in [-0.05, 0) is 50.0 Å². The largest absolute Gasteiger partial charge is 0.478 e. The van der Waals surface area contributed by atoms with Crippen LogP contribution in [0.1, 0.15) is 36.5 Å². The van der Waals surface area contributed by atoms with Crippen molar-refractivity contribution in [1.82, 2.24) is 20.5 Å². The van der Waals surface area contributed by atoms with Gasteiger partial charge in [-0.1, -0.05) is 30.3 Å². The molecule has 3 rings (SSSR count). The summed E-state index contributed by atoms with van der Waals surface area (Å²) in [5.41, 5.74) is 3.31. The Bertz CT molecular complexity index is 744. The first-order valence-corrected chi connectivity index (χ1v) is 9.63. The molecule has 6 nitrogen and oxygen atoms in total. The topological polar surface area (TPSA) is 66.5 Å². The van der Waals surface area contributed by atoms with E-state index in [2.05, 4.69) is 38.7 Å². The zero-order valence-corrected chi connectivity index (χ0v) is 15.9. The number of hydrogen-bond donors (Lipinski definition) is 2. The number of hydrogen-bond acceptors (Lipinski definition) is 4. The number of ether oxygens (including phenoxy) is 1. The first-order valence-electron chi connectivity index (χ1n) is 9.63. The van der Waals surface area contributed by atoms with Crippen molar-refractivity contribution in [3.63, 3.8) is 0 Å². The van der Waals surface area contributed by atoms with Gasteiger partial charge in [0.2, 0.25) is 5.88 Å². The number of nitrogens with zero attached hydrogens (tertiary/aromatic N) is 2. The van der Waals surface area contributed by atoms with Gasteiger partial charge in [0.15, 0.2) is 0 Å². The quantitative estimate of drug-likeness (QED) is 0.751. The maximum Gasteiger partial charge on any atom is 0.315 e. The predicted molar refractivity (Wildman–Crippen MR) is 105 cm³/mol. The van der Waals surface area contributed by atoms with E-state index in [1.54, 1.807) is 6.20 Å².